The van der Waals surface area contributed by atoms with Crippen LogP contribution in [0.15, 0.2) is 36.7 Å². The lowest BCUT2D eigenvalue weighted by molar-refractivity contribution is -0.114. The van der Waals surface area contributed by atoms with Gasteiger partial charge in [0, 0.05) is 61.5 Å². The highest BCUT2D eigenvalue weighted by atomic mass is 16.5. The van der Waals surface area contributed by atoms with Crippen LogP contribution in [0.3, 0.4) is 0 Å². The van der Waals surface area contributed by atoms with Crippen molar-refractivity contribution >= 4 is 35.0 Å². The van der Waals surface area contributed by atoms with Crippen LogP contribution in [-0.2, 0) is 16.0 Å². The largest absolute Gasteiger partial charge is 0.378 e. The first-order chi connectivity index (χ1) is 15.6. The molecule has 10 nitrogen and oxygen atoms in total. The molecule has 3 aromatic rings. The van der Waals surface area contributed by atoms with Crippen molar-refractivity contribution in [3.63, 3.8) is 0 Å². The predicted octanol–water partition coefficient (Wildman–Crippen LogP) is 2.00. The topological polar surface area (TPSA) is 122 Å². The Morgan fingerprint density at radius 2 is 1.78 bits per heavy atom. The van der Waals surface area contributed by atoms with Gasteiger partial charge >= 0.3 is 0 Å². The van der Waals surface area contributed by atoms with E-state index in [0.29, 0.717) is 19.2 Å². The Morgan fingerprint density at radius 3 is 2.47 bits per heavy atom. The molecule has 0 saturated carbocycles. The lowest BCUT2D eigenvalue weighted by Crippen LogP contribution is -2.37. The smallest absolute Gasteiger partial charge is 0.228 e. The average Bonchev–Trinajstić information content (AvgIpc) is 3.24. The zero-order valence-electron chi connectivity index (χ0n) is 17.8. The van der Waals surface area contributed by atoms with Gasteiger partial charge in [0.2, 0.25) is 17.8 Å². The Kier molecular flexibility index (Phi) is 5.28. The first-order valence-corrected chi connectivity index (χ1v) is 10.5. The van der Waals surface area contributed by atoms with E-state index in [1.54, 1.807) is 12.4 Å². The summed E-state index contributed by atoms with van der Waals surface area (Å²) in [5, 5.41) is 2.80. The minimum absolute atomic E-state index is 0.0949. The third-order valence-electron chi connectivity index (χ3n) is 5.55. The van der Waals surface area contributed by atoms with Crippen molar-refractivity contribution in [3.8, 4) is 11.3 Å². The molecule has 5 rings (SSSR count). The van der Waals surface area contributed by atoms with Gasteiger partial charge < -0.3 is 25.6 Å². The summed E-state index contributed by atoms with van der Waals surface area (Å²) >= 11 is 0. The molecule has 1 amide bonds. The highest BCUT2D eigenvalue weighted by Crippen LogP contribution is 2.39. The van der Waals surface area contributed by atoms with Crippen LogP contribution in [-0.4, -0.2) is 58.7 Å². The van der Waals surface area contributed by atoms with Crippen molar-refractivity contribution in [2.45, 2.75) is 13.3 Å². The molecule has 0 bridgehead atoms. The van der Waals surface area contributed by atoms with Crippen molar-refractivity contribution in [2.75, 3.05) is 53.7 Å². The maximum absolute atomic E-state index is 11.3. The molecule has 4 heterocycles. The van der Waals surface area contributed by atoms with E-state index < -0.39 is 0 Å². The number of nitrogens with two attached hydrogens (primary N) is 1. The highest BCUT2D eigenvalue weighted by Gasteiger charge is 2.29. The number of carbonyl (C=O) groups is 1. The molecule has 2 aromatic heterocycles. The van der Waals surface area contributed by atoms with Gasteiger partial charge in [-0.2, -0.15) is 4.98 Å². The lowest BCUT2D eigenvalue weighted by atomic mass is 10.1. The van der Waals surface area contributed by atoms with E-state index in [0.717, 1.165) is 60.1 Å². The maximum atomic E-state index is 11.3. The van der Waals surface area contributed by atoms with Gasteiger partial charge in [0.1, 0.15) is 5.82 Å². The molecule has 0 radical (unpaired) electrons. The number of hydrogen-bond acceptors (Lipinski definition) is 9. The summed E-state index contributed by atoms with van der Waals surface area (Å²) in [6.07, 6.45) is 4.21. The summed E-state index contributed by atoms with van der Waals surface area (Å²) in [7, 11) is 0. The summed E-state index contributed by atoms with van der Waals surface area (Å²) in [6.45, 7) is 5.05. The van der Waals surface area contributed by atoms with Crippen molar-refractivity contribution in [1.82, 2.24) is 19.9 Å². The number of hydrogen-bond donors (Lipinski definition) is 2. The summed E-state index contributed by atoms with van der Waals surface area (Å²) in [4.78, 5) is 33.8. The Labute approximate surface area is 185 Å². The van der Waals surface area contributed by atoms with Gasteiger partial charge in [0.25, 0.3) is 0 Å². The predicted molar refractivity (Wildman–Crippen MR) is 122 cm³/mol. The number of morpholine rings is 1. The minimum atomic E-state index is -0.0949. The number of rotatable bonds is 4. The quantitative estimate of drug-likeness (QED) is 0.637. The van der Waals surface area contributed by atoms with E-state index in [4.69, 9.17) is 20.4 Å². The van der Waals surface area contributed by atoms with Crippen LogP contribution in [0.1, 0.15) is 12.5 Å². The zero-order valence-corrected chi connectivity index (χ0v) is 17.8. The fraction of sp³-hybridized carbons (Fsp3) is 0.318. The molecule has 3 N–H and O–H groups in total. The lowest BCUT2D eigenvalue weighted by Gasteiger charge is -2.28. The number of amides is 1. The van der Waals surface area contributed by atoms with Crippen LogP contribution in [0.25, 0.3) is 11.3 Å². The van der Waals surface area contributed by atoms with Crippen LogP contribution in [0.2, 0.25) is 0 Å². The Bertz CT molecular complexity index is 1130. The molecule has 1 saturated heterocycles. The van der Waals surface area contributed by atoms with Gasteiger partial charge in [-0.15, -0.1) is 0 Å². The first kappa shape index (κ1) is 20.1. The van der Waals surface area contributed by atoms with Crippen molar-refractivity contribution in [1.29, 1.82) is 0 Å². The molecule has 1 aromatic carbocycles. The van der Waals surface area contributed by atoms with Crippen LogP contribution in [0.5, 0.6) is 0 Å². The molecule has 0 aliphatic carbocycles. The molecule has 0 spiro atoms. The van der Waals surface area contributed by atoms with Crippen LogP contribution in [0, 0.1) is 0 Å². The Balaban J connectivity index is 1.56. The molecule has 0 atom stereocenters. The maximum Gasteiger partial charge on any atom is 0.228 e. The van der Waals surface area contributed by atoms with E-state index in [1.165, 1.54) is 6.92 Å². The second kappa shape index (κ2) is 8.39. The Hall–Kier alpha value is -3.79. The molecule has 10 heteroatoms. The molecule has 32 heavy (non-hydrogen) atoms. The average molecular weight is 432 g/mol. The molecule has 0 unspecified atom stereocenters. The summed E-state index contributed by atoms with van der Waals surface area (Å²) < 4.78 is 5.50. The number of benzene rings is 1. The number of carbonyl (C=O) groups excluding carboxylic acids is 1. The number of nitrogens with one attached hydrogen (secondary N) is 1. The zero-order chi connectivity index (χ0) is 22.1. The van der Waals surface area contributed by atoms with Crippen molar-refractivity contribution < 1.29 is 9.53 Å². The first-order valence-electron chi connectivity index (χ1n) is 10.5. The number of fused-ring (bicyclic) bond motifs is 1. The molecule has 2 aliphatic heterocycles. The normalized spacial score (nSPS) is 15.5. The highest BCUT2D eigenvalue weighted by molar-refractivity contribution is 5.89. The van der Waals surface area contributed by atoms with Crippen molar-refractivity contribution in [2.24, 2.45) is 0 Å². The van der Waals surface area contributed by atoms with E-state index in [1.807, 2.05) is 24.3 Å². The van der Waals surface area contributed by atoms with Gasteiger partial charge in [0.05, 0.1) is 18.9 Å². The number of nitrogen functional groups attached to an aromatic ring is 1. The van der Waals surface area contributed by atoms with E-state index >= 15 is 0 Å². The third kappa shape index (κ3) is 3.92. The fourth-order valence-electron chi connectivity index (χ4n) is 4.03. The molecular weight excluding hydrogens is 408 g/mol. The van der Waals surface area contributed by atoms with Crippen LogP contribution >= 0.6 is 0 Å². The molecule has 164 valence electrons. The SMILES string of the molecule is CC(=O)Nc1ccc(N2CCc3c(-c4cnc(N)nc4)nc(N4CCOCC4)nc32)cc1. The second-order valence-corrected chi connectivity index (χ2v) is 7.73. The van der Waals surface area contributed by atoms with E-state index in [-0.39, 0.29) is 11.9 Å². The third-order valence-corrected chi connectivity index (χ3v) is 5.55. The number of aromatic nitrogens is 4. The Morgan fingerprint density at radius 1 is 1.06 bits per heavy atom. The van der Waals surface area contributed by atoms with Crippen LogP contribution < -0.4 is 20.9 Å². The number of ether oxygens (including phenoxy) is 1. The van der Waals surface area contributed by atoms with Gasteiger partial charge in [-0.25, -0.2) is 15.0 Å². The van der Waals surface area contributed by atoms with Gasteiger partial charge in [-0.05, 0) is 30.7 Å². The summed E-state index contributed by atoms with van der Waals surface area (Å²) in [6, 6.07) is 7.77. The number of nitrogens with zero attached hydrogens (tertiary/aromatic N) is 6. The summed E-state index contributed by atoms with van der Waals surface area (Å²) in [5.41, 5.74) is 10.2. The molecular formula is C22H24N8O2. The van der Waals surface area contributed by atoms with E-state index in [9.17, 15) is 4.79 Å². The van der Waals surface area contributed by atoms with Gasteiger partial charge in [-0.3, -0.25) is 4.79 Å². The minimum Gasteiger partial charge on any atom is -0.378 e. The van der Waals surface area contributed by atoms with Crippen LogP contribution in [0.4, 0.5) is 29.1 Å². The van der Waals surface area contributed by atoms with E-state index in [2.05, 4.69) is 25.1 Å². The second-order valence-electron chi connectivity index (χ2n) is 7.73. The molecule has 1 fully saturated rings. The standard InChI is InChI=1S/C22H24N8O2/c1-14(31)26-16-2-4-17(5-3-16)30-7-6-18-19(15-12-24-21(23)25-13-15)27-22(28-20(18)30)29-8-10-32-11-9-29/h2-5,12-13H,6-11H2,1H3,(H,26,31)(H2,23,24,25). The number of anilines is 5. The van der Waals surface area contributed by atoms with Crippen molar-refractivity contribution in [3.05, 3.63) is 42.2 Å². The van der Waals surface area contributed by atoms with Gasteiger partial charge in [0.15, 0.2) is 0 Å². The summed E-state index contributed by atoms with van der Waals surface area (Å²) in [5.74, 6) is 1.68. The fourth-order valence-corrected chi connectivity index (χ4v) is 4.03. The van der Waals surface area contributed by atoms with Gasteiger partial charge in [-0.1, -0.05) is 0 Å². The molecule has 2 aliphatic rings. The monoisotopic (exact) mass is 432 g/mol.